The molecule has 6 N–H and O–H groups in total. The van der Waals surface area contributed by atoms with Crippen LogP contribution in [0.1, 0.15) is 53.9 Å². The minimum absolute atomic E-state index is 0.0384. The third-order valence-electron chi connectivity index (χ3n) is 12.1. The van der Waals surface area contributed by atoms with Crippen molar-refractivity contribution < 1.29 is 78.2 Å². The third kappa shape index (κ3) is 5.47. The van der Waals surface area contributed by atoms with E-state index >= 15 is 0 Å². The van der Waals surface area contributed by atoms with Crippen molar-refractivity contribution in [3.63, 3.8) is 0 Å². The Hall–Kier alpha value is -2.96. The first kappa shape index (κ1) is 37.8. The molecule has 0 aromatic rings. The maximum atomic E-state index is 14.1. The SMILES string of the molecule is CCCCOC(=O)[C@@]12OC[C@]34[C@H]([C@@H](O)[C@@H]1O)[C@@]1(C)C=C(O[C@@H]5O[C@H](CO)[C@@H](O)[C@H](O)[C@H]5O)C(=O)[C@@H](C)[C@@H]1C[C@H]3OC(=O)[C@H](OC(=O)C=C(C)C)[C@@H]24. The zero-order valence-corrected chi connectivity index (χ0v) is 29.2. The number of esters is 3. The number of hydrogen-bond donors (Lipinski definition) is 6. The molecule has 0 aromatic carbocycles. The lowest BCUT2D eigenvalue weighted by Gasteiger charge is -2.67. The summed E-state index contributed by atoms with van der Waals surface area (Å²) in [6.07, 6.45) is -11.0. The fraction of sp³-hybridized carbons (Fsp3) is 0.771. The van der Waals surface area contributed by atoms with Gasteiger partial charge in [0.15, 0.2) is 11.5 Å². The molecule has 0 radical (unpaired) electrons. The molecule has 2 bridgehead atoms. The van der Waals surface area contributed by atoms with Gasteiger partial charge in [-0.25, -0.2) is 14.4 Å². The van der Waals surface area contributed by atoms with Gasteiger partial charge < -0.3 is 59.1 Å². The van der Waals surface area contributed by atoms with E-state index in [1.807, 2.05) is 6.92 Å². The summed E-state index contributed by atoms with van der Waals surface area (Å²) >= 11 is 0. The fourth-order valence-electron chi connectivity index (χ4n) is 9.83. The summed E-state index contributed by atoms with van der Waals surface area (Å²) < 4.78 is 35.0. The molecule has 51 heavy (non-hydrogen) atoms. The molecule has 3 heterocycles. The Bertz CT molecular complexity index is 1490. The van der Waals surface area contributed by atoms with E-state index in [-0.39, 0.29) is 25.4 Å². The second-order valence-corrected chi connectivity index (χ2v) is 15.3. The summed E-state index contributed by atoms with van der Waals surface area (Å²) in [5.74, 6) is -7.77. The summed E-state index contributed by atoms with van der Waals surface area (Å²) in [6, 6.07) is 0. The van der Waals surface area contributed by atoms with Crippen molar-refractivity contribution in [2.24, 2.45) is 34.5 Å². The second kappa shape index (κ2) is 13.5. The van der Waals surface area contributed by atoms with Gasteiger partial charge in [0.25, 0.3) is 0 Å². The molecular formula is C35H48O16. The lowest BCUT2D eigenvalue weighted by atomic mass is 9.38. The van der Waals surface area contributed by atoms with E-state index in [1.165, 1.54) is 6.08 Å². The van der Waals surface area contributed by atoms with Crippen LogP contribution < -0.4 is 0 Å². The molecular weight excluding hydrogens is 676 g/mol. The average molecular weight is 725 g/mol. The van der Waals surface area contributed by atoms with E-state index in [0.717, 1.165) is 6.08 Å². The summed E-state index contributed by atoms with van der Waals surface area (Å²) in [6.45, 7) is 7.43. The number of Topliss-reactive ketones (excluding diaryl/α,β-unsaturated/α-hetero) is 1. The van der Waals surface area contributed by atoms with Gasteiger partial charge >= 0.3 is 17.9 Å². The lowest BCUT2D eigenvalue weighted by molar-refractivity contribution is -0.296. The number of carbonyl (C=O) groups excluding carboxylic acids is 4. The number of rotatable bonds is 9. The lowest BCUT2D eigenvalue weighted by Crippen LogP contribution is -2.79. The Morgan fingerprint density at radius 1 is 1.04 bits per heavy atom. The first-order valence-corrected chi connectivity index (χ1v) is 17.5. The molecule has 1 spiro atoms. The molecule has 3 aliphatic heterocycles. The van der Waals surface area contributed by atoms with Crippen LogP contribution in [0, 0.1) is 34.5 Å². The molecule has 3 saturated heterocycles. The highest BCUT2D eigenvalue weighted by molar-refractivity contribution is 5.97. The maximum absolute atomic E-state index is 14.1. The van der Waals surface area contributed by atoms with Crippen LogP contribution >= 0.6 is 0 Å². The molecule has 16 nitrogen and oxygen atoms in total. The quantitative estimate of drug-likeness (QED) is 0.0708. The van der Waals surface area contributed by atoms with Gasteiger partial charge in [0.2, 0.25) is 18.0 Å². The van der Waals surface area contributed by atoms with Gasteiger partial charge in [-0.3, -0.25) is 4.79 Å². The van der Waals surface area contributed by atoms with Crippen LogP contribution in [0.25, 0.3) is 0 Å². The van der Waals surface area contributed by atoms with Crippen molar-refractivity contribution in [2.75, 3.05) is 19.8 Å². The van der Waals surface area contributed by atoms with Crippen LogP contribution in [-0.4, -0.2) is 135 Å². The zero-order valence-electron chi connectivity index (χ0n) is 29.2. The van der Waals surface area contributed by atoms with E-state index in [4.69, 9.17) is 28.4 Å². The smallest absolute Gasteiger partial charge is 0.348 e. The Labute approximate surface area is 294 Å². The number of fused-ring (bicyclic) bond motifs is 2. The molecule has 5 fully saturated rings. The topological polar surface area (TPSA) is 245 Å². The summed E-state index contributed by atoms with van der Waals surface area (Å²) in [5.41, 5.74) is -4.52. The number of aliphatic hydroxyl groups is 6. The van der Waals surface area contributed by atoms with Gasteiger partial charge in [-0.05, 0) is 44.1 Å². The van der Waals surface area contributed by atoms with Crippen LogP contribution in [0.15, 0.2) is 23.5 Å². The fourth-order valence-corrected chi connectivity index (χ4v) is 9.83. The minimum Gasteiger partial charge on any atom is -0.463 e. The maximum Gasteiger partial charge on any atom is 0.348 e. The van der Waals surface area contributed by atoms with Crippen LogP contribution in [-0.2, 0) is 47.6 Å². The molecule has 16 atom stereocenters. The Balaban J connectivity index is 1.48. The molecule has 3 aliphatic carbocycles. The Morgan fingerprint density at radius 3 is 2.39 bits per heavy atom. The summed E-state index contributed by atoms with van der Waals surface area (Å²) in [5, 5.41) is 65.2. The van der Waals surface area contributed by atoms with Crippen molar-refractivity contribution in [1.82, 2.24) is 0 Å². The predicted octanol–water partition coefficient (Wildman–Crippen LogP) is -1.20. The van der Waals surface area contributed by atoms with Crippen molar-refractivity contribution in [3.8, 4) is 0 Å². The molecule has 2 saturated carbocycles. The van der Waals surface area contributed by atoms with Crippen molar-refractivity contribution in [1.29, 1.82) is 0 Å². The Kier molecular flexibility index (Phi) is 9.98. The van der Waals surface area contributed by atoms with Crippen molar-refractivity contribution in [3.05, 3.63) is 23.5 Å². The monoisotopic (exact) mass is 724 g/mol. The van der Waals surface area contributed by atoms with Crippen molar-refractivity contribution >= 4 is 23.7 Å². The normalized spacial score (nSPS) is 46.9. The molecule has 0 unspecified atom stereocenters. The van der Waals surface area contributed by atoms with Gasteiger partial charge in [0, 0.05) is 23.3 Å². The van der Waals surface area contributed by atoms with Crippen LogP contribution in [0.5, 0.6) is 0 Å². The van der Waals surface area contributed by atoms with Gasteiger partial charge in [-0.2, -0.15) is 0 Å². The number of carbonyl (C=O) groups is 4. The average Bonchev–Trinajstić information content (AvgIpc) is 3.38. The van der Waals surface area contributed by atoms with Crippen molar-refractivity contribution in [2.45, 2.75) is 115 Å². The molecule has 6 rings (SSSR count). The number of ketones is 1. The largest absolute Gasteiger partial charge is 0.463 e. The van der Waals surface area contributed by atoms with E-state index in [9.17, 15) is 49.8 Å². The van der Waals surface area contributed by atoms with Crippen LogP contribution in [0.4, 0.5) is 0 Å². The highest BCUT2D eigenvalue weighted by Gasteiger charge is 2.85. The third-order valence-corrected chi connectivity index (χ3v) is 12.1. The molecule has 6 aliphatic rings. The Morgan fingerprint density at radius 2 is 1.75 bits per heavy atom. The minimum atomic E-state index is -2.34. The molecule has 284 valence electrons. The molecule has 16 heteroatoms. The van der Waals surface area contributed by atoms with E-state index in [0.29, 0.717) is 18.4 Å². The van der Waals surface area contributed by atoms with Gasteiger partial charge in [0.05, 0.1) is 31.8 Å². The first-order chi connectivity index (χ1) is 24.0. The number of hydrogen-bond acceptors (Lipinski definition) is 16. The van der Waals surface area contributed by atoms with E-state index < -0.39 is 126 Å². The standard InChI is InChI=1S/C35H48O16/c1-6-7-8-46-32(45)35-28-26(51-20(37)9-14(2)3)30(44)50-19-10-16-15(4)21(38)17(48-31-24(41)23(40)22(39)18(12-36)49-31)11-33(16,5)27(25(42)29(35)43)34(19,28)13-47-35/h9,11,15-16,18-19,22-29,31,36,39-43H,6-8,10,12-13H2,1-5H3/t15-,16-,18+,19+,22+,23-,24+,25+,26+,27+,28+,29-,31+,33-,34+,35-/m0/s1. The van der Waals surface area contributed by atoms with Gasteiger partial charge in [0.1, 0.15) is 36.6 Å². The first-order valence-electron chi connectivity index (χ1n) is 17.5. The number of ether oxygens (including phenoxy) is 6. The van der Waals surface area contributed by atoms with Crippen LogP contribution in [0.2, 0.25) is 0 Å². The van der Waals surface area contributed by atoms with Crippen LogP contribution in [0.3, 0.4) is 0 Å². The summed E-state index contributed by atoms with van der Waals surface area (Å²) in [7, 11) is 0. The number of allylic oxidation sites excluding steroid dienone is 3. The zero-order chi connectivity index (χ0) is 37.4. The number of unbranched alkanes of at least 4 members (excludes halogenated alkanes) is 1. The molecule has 0 amide bonds. The summed E-state index contributed by atoms with van der Waals surface area (Å²) in [4.78, 5) is 54.8. The predicted molar refractivity (Wildman–Crippen MR) is 168 cm³/mol. The van der Waals surface area contributed by atoms with E-state index in [1.54, 1.807) is 27.7 Å². The highest BCUT2D eigenvalue weighted by atomic mass is 16.7. The number of aliphatic hydroxyl groups excluding tert-OH is 6. The molecule has 0 aromatic heterocycles. The van der Waals surface area contributed by atoms with E-state index in [2.05, 4.69) is 0 Å². The highest BCUT2D eigenvalue weighted by Crippen LogP contribution is 2.72. The van der Waals surface area contributed by atoms with Gasteiger partial charge in [-0.1, -0.05) is 32.8 Å². The second-order valence-electron chi connectivity index (χ2n) is 15.3. The van der Waals surface area contributed by atoms with Gasteiger partial charge in [-0.15, -0.1) is 0 Å².